The lowest BCUT2D eigenvalue weighted by atomic mass is 10.0. The van der Waals surface area contributed by atoms with E-state index in [1.165, 1.54) is 11.3 Å². The first kappa shape index (κ1) is 8.44. The lowest BCUT2D eigenvalue weighted by Crippen LogP contribution is -2.01. The van der Waals surface area contributed by atoms with Gasteiger partial charge in [0.15, 0.2) is 5.43 Å². The van der Waals surface area contributed by atoms with Crippen LogP contribution in [0.15, 0.2) is 47.2 Å². The van der Waals surface area contributed by atoms with Gasteiger partial charge in [0, 0.05) is 20.2 Å². The summed E-state index contributed by atoms with van der Waals surface area (Å²) in [7, 11) is 0. The average Bonchev–Trinajstić information content (AvgIpc) is 2.44. The average molecular weight is 257 g/mol. The summed E-state index contributed by atoms with van der Waals surface area (Å²) in [5.41, 5.74) is 0.270. The van der Waals surface area contributed by atoms with Crippen molar-refractivity contribution in [3.05, 3.63) is 58.2 Å². The monoisotopic (exact) mass is 257 g/mol. The van der Waals surface area contributed by atoms with Gasteiger partial charge in [-0.25, -0.2) is 0 Å². The topological polar surface area (TPSA) is 17.1 Å². The van der Waals surface area contributed by atoms with Gasteiger partial charge in [-0.1, -0.05) is 32.0 Å². The molecule has 1 nitrogen and oxygen atoms in total. The van der Waals surface area contributed by atoms with E-state index < -0.39 is 0 Å². The molecule has 18 heavy (non-hydrogen) atoms. The predicted molar refractivity (Wildman–Crippen MR) is 79.7 cm³/mol. The van der Waals surface area contributed by atoms with Crippen molar-refractivity contribution in [1.82, 2.24) is 0 Å². The second kappa shape index (κ2) is 4.21. The molecule has 0 unspecified atom stereocenters. The first-order valence-corrected chi connectivity index (χ1v) is 6.70. The van der Waals surface area contributed by atoms with Crippen molar-refractivity contribution >= 4 is 31.5 Å². The molecule has 0 amide bonds. The number of rotatable bonds is 1. The van der Waals surface area contributed by atoms with Gasteiger partial charge in [-0.2, -0.15) is 0 Å². The van der Waals surface area contributed by atoms with Crippen LogP contribution in [0.25, 0.3) is 20.2 Å². The van der Waals surface area contributed by atoms with Crippen molar-refractivity contribution < 1.29 is 4.11 Å². The highest BCUT2D eigenvalue weighted by atomic mass is 32.1. The second-order valence-electron chi connectivity index (χ2n) is 4.57. The van der Waals surface area contributed by atoms with Crippen LogP contribution in [-0.4, -0.2) is 0 Å². The predicted octanol–water partition coefficient (Wildman–Crippen LogP) is 4.54. The molecule has 1 aromatic heterocycles. The summed E-state index contributed by atoms with van der Waals surface area (Å²) in [6.45, 7) is 3.76. The van der Waals surface area contributed by atoms with Gasteiger partial charge in [-0.05, 0) is 35.7 Å². The molecular formula is C16H14OS. The molecule has 0 saturated heterocycles. The van der Waals surface area contributed by atoms with Crippen LogP contribution in [-0.2, 0) is 0 Å². The molecule has 0 radical (unpaired) electrons. The molecule has 1 heterocycles. The Morgan fingerprint density at radius 2 is 1.89 bits per heavy atom. The van der Waals surface area contributed by atoms with E-state index in [1.807, 2.05) is 26.0 Å². The van der Waals surface area contributed by atoms with Gasteiger partial charge < -0.3 is 0 Å². The Morgan fingerprint density at radius 1 is 1.11 bits per heavy atom. The van der Waals surface area contributed by atoms with Crippen molar-refractivity contribution in [3.63, 3.8) is 0 Å². The van der Waals surface area contributed by atoms with Gasteiger partial charge in [0.1, 0.15) is 0 Å². The molecule has 0 spiro atoms. The third-order valence-corrected chi connectivity index (χ3v) is 4.03. The molecule has 2 heteroatoms. The maximum Gasteiger partial charge on any atom is 0.195 e. The molecule has 0 bridgehead atoms. The zero-order valence-electron chi connectivity index (χ0n) is 13.2. The highest BCUT2D eigenvalue weighted by Crippen LogP contribution is 2.26. The van der Waals surface area contributed by atoms with E-state index in [9.17, 15) is 4.79 Å². The molecule has 2 aromatic carbocycles. The number of hydrogen-bond donors (Lipinski definition) is 0. The van der Waals surface area contributed by atoms with Gasteiger partial charge in [0.2, 0.25) is 0 Å². The van der Waals surface area contributed by atoms with Crippen molar-refractivity contribution in [2.45, 2.75) is 19.8 Å². The Labute approximate surface area is 114 Å². The van der Waals surface area contributed by atoms with Crippen LogP contribution >= 0.6 is 11.3 Å². The molecule has 0 aliphatic carbocycles. The fraction of sp³-hybridized carbons (Fsp3) is 0.188. The number of fused-ring (bicyclic) bond motifs is 2. The first-order valence-electron chi connectivity index (χ1n) is 7.38. The number of hydrogen-bond acceptors (Lipinski definition) is 2. The Kier molecular flexibility index (Phi) is 1.98. The van der Waals surface area contributed by atoms with E-state index >= 15 is 0 Å². The van der Waals surface area contributed by atoms with Crippen molar-refractivity contribution in [3.8, 4) is 0 Å². The smallest absolute Gasteiger partial charge is 0.195 e. The van der Waals surface area contributed by atoms with Crippen LogP contribution in [0.4, 0.5) is 0 Å². The Morgan fingerprint density at radius 3 is 2.67 bits per heavy atom. The summed E-state index contributed by atoms with van der Waals surface area (Å²) >= 11 is 1.31. The van der Waals surface area contributed by atoms with E-state index in [1.54, 1.807) is 12.1 Å². The van der Waals surface area contributed by atoms with Gasteiger partial charge in [0.25, 0.3) is 0 Å². The molecule has 3 rings (SSSR count). The summed E-state index contributed by atoms with van der Waals surface area (Å²) in [4.78, 5) is 12.7. The molecule has 0 N–H and O–H groups in total. The lowest BCUT2D eigenvalue weighted by Gasteiger charge is -2.07. The molecule has 0 aliphatic heterocycles. The molecule has 3 aromatic rings. The molecule has 90 valence electrons. The van der Waals surface area contributed by atoms with Gasteiger partial charge in [0.05, 0.1) is 4.11 Å². The summed E-state index contributed by atoms with van der Waals surface area (Å²) in [6, 6.07) is 7.46. The Hall–Kier alpha value is -1.67. The minimum absolute atomic E-state index is 0.0533. The first-order chi connectivity index (χ1) is 9.93. The van der Waals surface area contributed by atoms with Crippen LogP contribution in [0.2, 0.25) is 0 Å². The maximum atomic E-state index is 12.7. The molecule has 0 saturated carbocycles. The Bertz CT molecular complexity index is 928. The van der Waals surface area contributed by atoms with Crippen LogP contribution < -0.4 is 5.43 Å². The van der Waals surface area contributed by atoms with E-state index in [0.717, 1.165) is 4.70 Å². The van der Waals surface area contributed by atoms with Crippen LogP contribution in [0.3, 0.4) is 0 Å². The standard InChI is InChI=1S/C16H14OS/c1-10(2)11-7-8-15-13(9-11)16(17)12-5-3-4-6-14(12)18-15/h3-10H,1-2H3/i7D,8D,9D. The summed E-state index contributed by atoms with van der Waals surface area (Å²) < 4.78 is 25.9. The number of benzene rings is 2. The van der Waals surface area contributed by atoms with E-state index in [4.69, 9.17) is 4.11 Å². The Balaban J connectivity index is 2.64. The van der Waals surface area contributed by atoms with E-state index in [2.05, 4.69) is 0 Å². The largest absolute Gasteiger partial charge is 0.289 e. The van der Waals surface area contributed by atoms with E-state index in [-0.39, 0.29) is 34.9 Å². The molecule has 0 aliphatic rings. The van der Waals surface area contributed by atoms with Crippen LogP contribution in [0.5, 0.6) is 0 Å². The fourth-order valence-corrected chi connectivity index (χ4v) is 2.91. The third kappa shape index (κ3) is 1.73. The SMILES string of the molecule is [2H]c1c(C(C)C)c([2H])c2c(=O)c3ccccc3sc2c1[2H]. The summed E-state index contributed by atoms with van der Waals surface area (Å²) in [5, 5.41) is 0.860. The van der Waals surface area contributed by atoms with E-state index in [0.29, 0.717) is 15.6 Å². The summed E-state index contributed by atoms with van der Waals surface area (Å²) in [5.74, 6) is -0.0608. The third-order valence-electron chi connectivity index (χ3n) is 2.95. The second-order valence-corrected chi connectivity index (χ2v) is 5.63. The van der Waals surface area contributed by atoms with Crippen molar-refractivity contribution in [2.24, 2.45) is 0 Å². The molecular weight excluding hydrogens is 240 g/mol. The van der Waals surface area contributed by atoms with Crippen LogP contribution in [0, 0.1) is 0 Å². The van der Waals surface area contributed by atoms with Gasteiger partial charge >= 0.3 is 0 Å². The maximum absolute atomic E-state index is 12.7. The van der Waals surface area contributed by atoms with Gasteiger partial charge in [-0.15, -0.1) is 11.3 Å². The quantitative estimate of drug-likeness (QED) is 0.585. The highest BCUT2D eigenvalue weighted by Gasteiger charge is 2.07. The minimum atomic E-state index is -0.209. The fourth-order valence-electron chi connectivity index (χ4n) is 1.92. The minimum Gasteiger partial charge on any atom is -0.289 e. The summed E-state index contributed by atoms with van der Waals surface area (Å²) in [6.07, 6.45) is 0. The van der Waals surface area contributed by atoms with Crippen molar-refractivity contribution in [1.29, 1.82) is 0 Å². The van der Waals surface area contributed by atoms with Crippen LogP contribution in [0.1, 0.15) is 29.4 Å². The lowest BCUT2D eigenvalue weighted by molar-refractivity contribution is 0.869. The zero-order chi connectivity index (χ0) is 15.3. The highest BCUT2D eigenvalue weighted by molar-refractivity contribution is 7.24. The van der Waals surface area contributed by atoms with Gasteiger partial charge in [-0.3, -0.25) is 4.79 Å². The normalized spacial score (nSPS) is 13.8. The zero-order valence-corrected chi connectivity index (χ0v) is 11.0. The molecule has 0 atom stereocenters. The molecule has 0 fully saturated rings. The van der Waals surface area contributed by atoms with Crippen molar-refractivity contribution in [2.75, 3.05) is 0 Å².